The Labute approximate surface area is 290 Å². The van der Waals surface area contributed by atoms with Crippen LogP contribution in [0.4, 0.5) is 23.1 Å². The van der Waals surface area contributed by atoms with E-state index in [1.807, 2.05) is 67.2 Å². The summed E-state index contributed by atoms with van der Waals surface area (Å²) in [4.78, 5) is 50.8. The van der Waals surface area contributed by atoms with E-state index in [2.05, 4.69) is 29.9 Å². The standard InChI is InChI=1S/C36H26ClN13/c1-21-4-6-27-29(24-13-38-19-39-14-24)17-44-35(33(27)46-21)49(26-8-10-43-31(37)12-26)50(32-9-11-42-23(3)48-32)36-34-28(7-5-22(2)47-34)30(18-45-36)25-15-40-20-41-16-25/h4-20H,1-3H3. The van der Waals surface area contributed by atoms with Crippen molar-refractivity contribution >= 4 is 56.5 Å². The molecule has 0 atom stereocenters. The SMILES string of the molecule is Cc1ccc2c(-c3cncnc3)cnc(N(c3ccnc(Cl)c3)N(c3ccnc(C)n3)c3ncc(-c4cncnc4)c4ccc(C)nc34)c2n1. The van der Waals surface area contributed by atoms with E-state index >= 15 is 0 Å². The molecule has 0 aliphatic rings. The van der Waals surface area contributed by atoms with Crippen LogP contribution in [0.15, 0.2) is 105 Å². The smallest absolute Gasteiger partial charge is 0.180 e. The van der Waals surface area contributed by atoms with Crippen molar-refractivity contribution in [3.8, 4) is 22.3 Å². The molecule has 50 heavy (non-hydrogen) atoms. The van der Waals surface area contributed by atoms with Gasteiger partial charge in [0.2, 0.25) is 0 Å². The highest BCUT2D eigenvalue weighted by molar-refractivity contribution is 6.29. The molecular weight excluding hydrogens is 650 g/mol. The molecule has 8 aromatic heterocycles. The van der Waals surface area contributed by atoms with Gasteiger partial charge in [-0.3, -0.25) is 0 Å². The van der Waals surface area contributed by atoms with E-state index < -0.39 is 0 Å². The Balaban J connectivity index is 1.47. The predicted octanol–water partition coefficient (Wildman–Crippen LogP) is 7.14. The van der Waals surface area contributed by atoms with Crippen LogP contribution < -0.4 is 10.0 Å². The van der Waals surface area contributed by atoms with Gasteiger partial charge in [0, 0.05) is 106 Å². The van der Waals surface area contributed by atoms with E-state index in [0.717, 1.165) is 44.4 Å². The van der Waals surface area contributed by atoms with E-state index in [9.17, 15) is 0 Å². The number of rotatable bonds is 7. The summed E-state index contributed by atoms with van der Waals surface area (Å²) in [5.74, 6) is 2.00. The summed E-state index contributed by atoms with van der Waals surface area (Å²) >= 11 is 6.58. The van der Waals surface area contributed by atoms with Gasteiger partial charge in [0.25, 0.3) is 0 Å². The topological polar surface area (TPSA) is 148 Å². The van der Waals surface area contributed by atoms with Crippen LogP contribution in [0, 0.1) is 20.8 Å². The molecule has 0 N–H and O–H groups in total. The molecular formula is C36H26ClN13. The van der Waals surface area contributed by atoms with Gasteiger partial charge in [0.1, 0.15) is 34.7 Å². The second-order valence-corrected chi connectivity index (χ2v) is 11.8. The third-order valence-electron chi connectivity index (χ3n) is 7.98. The number of hydrazine groups is 1. The molecule has 242 valence electrons. The predicted molar refractivity (Wildman–Crippen MR) is 191 cm³/mol. The molecule has 14 heteroatoms. The van der Waals surface area contributed by atoms with Crippen LogP contribution in [0.5, 0.6) is 0 Å². The number of aromatic nitrogens is 11. The Morgan fingerprint density at radius 1 is 0.540 bits per heavy atom. The molecule has 0 amide bonds. The first-order valence-electron chi connectivity index (χ1n) is 15.5. The summed E-state index contributed by atoms with van der Waals surface area (Å²) in [7, 11) is 0. The van der Waals surface area contributed by atoms with Crippen molar-refractivity contribution in [1.82, 2.24) is 54.8 Å². The molecule has 0 aliphatic heterocycles. The Morgan fingerprint density at radius 3 is 1.62 bits per heavy atom. The molecule has 0 radical (unpaired) electrons. The molecule has 0 bridgehead atoms. The largest absolute Gasteiger partial charge is 0.249 e. The number of aryl methyl sites for hydroxylation is 3. The molecule has 8 heterocycles. The highest BCUT2D eigenvalue weighted by atomic mass is 35.5. The van der Waals surface area contributed by atoms with Crippen molar-refractivity contribution in [1.29, 1.82) is 0 Å². The zero-order valence-corrected chi connectivity index (χ0v) is 27.8. The highest BCUT2D eigenvalue weighted by Crippen LogP contribution is 2.42. The first-order chi connectivity index (χ1) is 24.4. The van der Waals surface area contributed by atoms with Gasteiger partial charge in [0.15, 0.2) is 17.5 Å². The van der Waals surface area contributed by atoms with E-state index in [1.54, 1.807) is 55.6 Å². The third kappa shape index (κ3) is 5.65. The van der Waals surface area contributed by atoms with Crippen LogP contribution in [-0.2, 0) is 0 Å². The molecule has 13 nitrogen and oxygen atoms in total. The first kappa shape index (κ1) is 30.7. The van der Waals surface area contributed by atoms with Gasteiger partial charge >= 0.3 is 0 Å². The molecule has 0 aromatic carbocycles. The molecule has 8 rings (SSSR count). The Kier molecular flexibility index (Phi) is 7.85. The van der Waals surface area contributed by atoms with Crippen LogP contribution >= 0.6 is 11.6 Å². The average Bonchev–Trinajstić information content (AvgIpc) is 3.14. The van der Waals surface area contributed by atoms with E-state index in [4.69, 9.17) is 36.5 Å². The maximum absolute atomic E-state index is 6.58. The van der Waals surface area contributed by atoms with Crippen molar-refractivity contribution in [3.63, 3.8) is 0 Å². The van der Waals surface area contributed by atoms with Gasteiger partial charge in [-0.15, -0.1) is 0 Å². The lowest BCUT2D eigenvalue weighted by molar-refractivity contribution is 0.901. The summed E-state index contributed by atoms with van der Waals surface area (Å²) in [5.41, 5.74) is 6.70. The molecule has 0 saturated carbocycles. The van der Waals surface area contributed by atoms with Gasteiger partial charge in [-0.2, -0.15) is 0 Å². The fourth-order valence-electron chi connectivity index (χ4n) is 5.77. The summed E-state index contributed by atoms with van der Waals surface area (Å²) in [6.45, 7) is 5.71. The van der Waals surface area contributed by atoms with Crippen LogP contribution in [0.2, 0.25) is 5.15 Å². The van der Waals surface area contributed by atoms with Crippen LogP contribution in [0.1, 0.15) is 17.2 Å². The number of hydrogen-bond donors (Lipinski definition) is 0. The fraction of sp³-hybridized carbons (Fsp3) is 0.0833. The summed E-state index contributed by atoms with van der Waals surface area (Å²) in [5, 5.41) is 5.70. The number of anilines is 4. The Hall–Kier alpha value is -6.60. The Morgan fingerprint density at radius 2 is 1.08 bits per heavy atom. The number of halogens is 1. The zero-order valence-electron chi connectivity index (χ0n) is 27.0. The molecule has 0 fully saturated rings. The van der Waals surface area contributed by atoms with Gasteiger partial charge in [-0.05, 0) is 39.0 Å². The van der Waals surface area contributed by atoms with Crippen molar-refractivity contribution in [2.45, 2.75) is 20.8 Å². The minimum atomic E-state index is 0.282. The monoisotopic (exact) mass is 675 g/mol. The lowest BCUT2D eigenvalue weighted by Crippen LogP contribution is -2.38. The van der Waals surface area contributed by atoms with Crippen LogP contribution in [0.25, 0.3) is 44.1 Å². The van der Waals surface area contributed by atoms with Gasteiger partial charge in [-0.25, -0.2) is 64.8 Å². The van der Waals surface area contributed by atoms with Crippen molar-refractivity contribution in [3.05, 3.63) is 127 Å². The fourth-order valence-corrected chi connectivity index (χ4v) is 5.94. The van der Waals surface area contributed by atoms with E-state index in [-0.39, 0.29) is 5.15 Å². The maximum atomic E-state index is 6.58. The van der Waals surface area contributed by atoms with E-state index in [0.29, 0.717) is 40.0 Å². The number of fused-ring (bicyclic) bond motifs is 2. The number of hydrogen-bond acceptors (Lipinski definition) is 13. The summed E-state index contributed by atoms with van der Waals surface area (Å²) in [6.07, 6.45) is 16.9. The number of pyridine rings is 5. The van der Waals surface area contributed by atoms with Crippen molar-refractivity contribution in [2.24, 2.45) is 0 Å². The maximum Gasteiger partial charge on any atom is 0.180 e. The lowest BCUT2D eigenvalue weighted by Gasteiger charge is -2.36. The zero-order chi connectivity index (χ0) is 34.2. The van der Waals surface area contributed by atoms with E-state index in [1.165, 1.54) is 12.7 Å². The highest BCUT2D eigenvalue weighted by Gasteiger charge is 2.30. The minimum absolute atomic E-state index is 0.282. The Bertz CT molecular complexity index is 2340. The quantitative estimate of drug-likeness (QED) is 0.124. The lowest BCUT2D eigenvalue weighted by atomic mass is 10.0. The molecule has 0 spiro atoms. The van der Waals surface area contributed by atoms with Gasteiger partial charge in [0.05, 0.1) is 5.69 Å². The second kappa shape index (κ2) is 12.8. The molecule has 0 unspecified atom stereocenters. The second-order valence-electron chi connectivity index (χ2n) is 11.4. The molecule has 0 saturated heterocycles. The first-order valence-corrected chi connectivity index (χ1v) is 15.9. The average molecular weight is 676 g/mol. The van der Waals surface area contributed by atoms with Crippen molar-refractivity contribution < 1.29 is 0 Å². The van der Waals surface area contributed by atoms with Crippen LogP contribution in [0.3, 0.4) is 0 Å². The van der Waals surface area contributed by atoms with Gasteiger partial charge in [-0.1, -0.05) is 23.7 Å². The number of nitrogens with zero attached hydrogens (tertiary/aromatic N) is 13. The molecule has 8 aromatic rings. The third-order valence-corrected chi connectivity index (χ3v) is 8.19. The van der Waals surface area contributed by atoms with Gasteiger partial charge < -0.3 is 0 Å². The summed E-state index contributed by atoms with van der Waals surface area (Å²) < 4.78 is 0. The van der Waals surface area contributed by atoms with Crippen LogP contribution in [-0.4, -0.2) is 54.8 Å². The summed E-state index contributed by atoms with van der Waals surface area (Å²) in [6, 6.07) is 13.4. The normalized spacial score (nSPS) is 11.2. The van der Waals surface area contributed by atoms with Crippen molar-refractivity contribution in [2.75, 3.05) is 10.0 Å². The minimum Gasteiger partial charge on any atom is -0.249 e. The molecule has 0 aliphatic carbocycles.